The number of hydrogen-bond donors (Lipinski definition) is 2. The number of halogens is 2. The Balaban J connectivity index is 2.13. The fourth-order valence-electron chi connectivity index (χ4n) is 1.76. The van der Waals surface area contributed by atoms with Gasteiger partial charge in [0.1, 0.15) is 0 Å². The van der Waals surface area contributed by atoms with Crippen LogP contribution in [-0.4, -0.2) is 17.6 Å². The van der Waals surface area contributed by atoms with Gasteiger partial charge in [-0.25, -0.2) is 8.78 Å². The normalized spacial score (nSPS) is 10.3. The van der Waals surface area contributed by atoms with E-state index >= 15 is 0 Å². The number of nitrogens with one attached hydrogen (secondary N) is 1. The van der Waals surface area contributed by atoms with Crippen LogP contribution in [0.1, 0.15) is 15.9 Å². The van der Waals surface area contributed by atoms with Crippen LogP contribution >= 0.6 is 0 Å². The number of hydrogen-bond acceptors (Lipinski definition) is 2. The number of carbonyl (C=O) groups excluding carboxylic acids is 1. The van der Waals surface area contributed by atoms with Gasteiger partial charge in [-0.05, 0) is 36.2 Å². The molecule has 2 aromatic rings. The molecule has 5 heteroatoms. The summed E-state index contributed by atoms with van der Waals surface area (Å²) in [6, 6.07) is 10.2. The monoisotopic (exact) mass is 277 g/mol. The first-order chi connectivity index (χ1) is 9.61. The lowest BCUT2D eigenvalue weighted by Crippen LogP contribution is -2.14. The van der Waals surface area contributed by atoms with Gasteiger partial charge in [0, 0.05) is 12.3 Å². The maximum atomic E-state index is 13.5. The zero-order valence-corrected chi connectivity index (χ0v) is 10.6. The van der Waals surface area contributed by atoms with Gasteiger partial charge in [-0.2, -0.15) is 0 Å². The number of aliphatic hydroxyl groups excluding tert-OH is 1. The van der Waals surface area contributed by atoms with Gasteiger partial charge in [0.15, 0.2) is 11.6 Å². The molecule has 1 amide bonds. The first-order valence-corrected chi connectivity index (χ1v) is 6.07. The third kappa shape index (κ3) is 3.19. The summed E-state index contributed by atoms with van der Waals surface area (Å²) in [4.78, 5) is 11.8. The number of benzene rings is 2. The summed E-state index contributed by atoms with van der Waals surface area (Å²) in [7, 11) is 0. The smallest absolute Gasteiger partial charge is 0.258 e. The van der Waals surface area contributed by atoms with Crippen molar-refractivity contribution in [3.05, 3.63) is 65.2 Å². The van der Waals surface area contributed by atoms with Crippen molar-refractivity contribution in [2.45, 2.75) is 6.42 Å². The molecule has 2 N–H and O–H groups in total. The highest BCUT2D eigenvalue weighted by Crippen LogP contribution is 2.15. The number of aliphatic hydroxyl groups is 1. The highest BCUT2D eigenvalue weighted by molar-refractivity contribution is 6.04. The van der Waals surface area contributed by atoms with Crippen molar-refractivity contribution in [2.24, 2.45) is 0 Å². The predicted molar refractivity (Wildman–Crippen MR) is 71.5 cm³/mol. The van der Waals surface area contributed by atoms with Crippen molar-refractivity contribution in [1.29, 1.82) is 0 Å². The third-order valence-corrected chi connectivity index (χ3v) is 2.81. The number of amides is 1. The summed E-state index contributed by atoms with van der Waals surface area (Å²) in [5, 5.41) is 11.3. The van der Waals surface area contributed by atoms with Crippen molar-refractivity contribution in [2.75, 3.05) is 11.9 Å². The van der Waals surface area contributed by atoms with Crippen molar-refractivity contribution >= 4 is 11.6 Å². The number of anilines is 1. The summed E-state index contributed by atoms with van der Waals surface area (Å²) >= 11 is 0. The van der Waals surface area contributed by atoms with E-state index in [1.807, 2.05) is 0 Å². The molecule has 0 aliphatic rings. The van der Waals surface area contributed by atoms with Crippen LogP contribution in [0.15, 0.2) is 42.5 Å². The molecule has 0 spiro atoms. The van der Waals surface area contributed by atoms with Gasteiger partial charge in [-0.1, -0.05) is 18.2 Å². The van der Waals surface area contributed by atoms with Gasteiger partial charge in [-0.3, -0.25) is 4.79 Å². The maximum absolute atomic E-state index is 13.5. The largest absolute Gasteiger partial charge is 0.396 e. The van der Waals surface area contributed by atoms with E-state index in [0.717, 1.165) is 11.6 Å². The van der Waals surface area contributed by atoms with Crippen molar-refractivity contribution in [1.82, 2.24) is 0 Å². The molecule has 104 valence electrons. The van der Waals surface area contributed by atoms with Crippen LogP contribution < -0.4 is 5.32 Å². The number of rotatable bonds is 4. The highest BCUT2D eigenvalue weighted by atomic mass is 19.2. The summed E-state index contributed by atoms with van der Waals surface area (Å²) in [5.74, 6) is -2.94. The van der Waals surface area contributed by atoms with E-state index in [-0.39, 0.29) is 12.2 Å². The number of carbonyl (C=O) groups is 1. The molecule has 0 saturated carbocycles. The summed E-state index contributed by atoms with van der Waals surface area (Å²) in [6.45, 7) is 0.0419. The summed E-state index contributed by atoms with van der Waals surface area (Å²) in [5.41, 5.74) is 1.05. The molecular weight excluding hydrogens is 264 g/mol. The lowest BCUT2D eigenvalue weighted by molar-refractivity contribution is 0.102. The Morgan fingerprint density at radius 2 is 1.80 bits per heavy atom. The van der Waals surface area contributed by atoms with Crippen LogP contribution in [0.25, 0.3) is 0 Å². The first-order valence-electron chi connectivity index (χ1n) is 6.07. The van der Waals surface area contributed by atoms with E-state index in [2.05, 4.69) is 5.32 Å². The molecule has 0 radical (unpaired) electrons. The van der Waals surface area contributed by atoms with E-state index in [0.29, 0.717) is 12.1 Å². The van der Waals surface area contributed by atoms with Crippen LogP contribution in [0.4, 0.5) is 14.5 Å². The van der Waals surface area contributed by atoms with Gasteiger partial charge in [0.2, 0.25) is 0 Å². The molecule has 0 aromatic heterocycles. The first kappa shape index (κ1) is 14.1. The third-order valence-electron chi connectivity index (χ3n) is 2.81. The zero-order chi connectivity index (χ0) is 14.5. The van der Waals surface area contributed by atoms with Gasteiger partial charge < -0.3 is 10.4 Å². The Hall–Kier alpha value is -2.27. The van der Waals surface area contributed by atoms with Crippen LogP contribution in [0.3, 0.4) is 0 Å². The van der Waals surface area contributed by atoms with Gasteiger partial charge in [-0.15, -0.1) is 0 Å². The Bertz CT molecular complexity index is 612. The second kappa shape index (κ2) is 6.25. The molecule has 2 rings (SSSR count). The minimum absolute atomic E-state index is 0.0419. The van der Waals surface area contributed by atoms with Crippen LogP contribution in [-0.2, 0) is 6.42 Å². The molecule has 0 unspecified atom stereocenters. The average Bonchev–Trinajstić information content (AvgIpc) is 2.44. The van der Waals surface area contributed by atoms with E-state index in [4.69, 9.17) is 5.11 Å². The predicted octanol–water partition coefficient (Wildman–Crippen LogP) is 2.75. The molecule has 0 heterocycles. The summed E-state index contributed by atoms with van der Waals surface area (Å²) < 4.78 is 26.5. The van der Waals surface area contributed by atoms with Crippen LogP contribution in [0.5, 0.6) is 0 Å². The quantitative estimate of drug-likeness (QED) is 0.902. The zero-order valence-electron chi connectivity index (χ0n) is 10.6. The molecule has 3 nitrogen and oxygen atoms in total. The molecular formula is C15H13F2NO2. The average molecular weight is 277 g/mol. The van der Waals surface area contributed by atoms with Crippen molar-refractivity contribution in [3.8, 4) is 0 Å². The minimum Gasteiger partial charge on any atom is -0.396 e. The second-order valence-corrected chi connectivity index (χ2v) is 4.23. The Labute approximate surface area is 114 Å². The Morgan fingerprint density at radius 1 is 1.10 bits per heavy atom. The summed E-state index contributed by atoms with van der Waals surface area (Å²) in [6.07, 6.45) is 0.521. The van der Waals surface area contributed by atoms with Gasteiger partial charge in [0.25, 0.3) is 5.91 Å². The Morgan fingerprint density at radius 3 is 2.45 bits per heavy atom. The molecule has 0 atom stereocenters. The van der Waals surface area contributed by atoms with E-state index < -0.39 is 17.5 Å². The highest BCUT2D eigenvalue weighted by Gasteiger charge is 2.14. The molecule has 2 aromatic carbocycles. The lowest BCUT2D eigenvalue weighted by atomic mass is 10.1. The van der Waals surface area contributed by atoms with E-state index in [9.17, 15) is 13.6 Å². The molecule has 0 fully saturated rings. The molecule has 0 saturated heterocycles. The SMILES string of the molecule is O=C(Nc1ccc(CCO)cc1)c1cccc(F)c1F. The molecule has 0 aliphatic carbocycles. The van der Waals surface area contributed by atoms with E-state index in [1.54, 1.807) is 24.3 Å². The Kier molecular flexibility index (Phi) is 4.42. The molecule has 0 bridgehead atoms. The molecule has 0 aliphatic heterocycles. The molecule has 20 heavy (non-hydrogen) atoms. The van der Waals surface area contributed by atoms with Crippen LogP contribution in [0, 0.1) is 11.6 Å². The second-order valence-electron chi connectivity index (χ2n) is 4.23. The van der Waals surface area contributed by atoms with Gasteiger partial charge >= 0.3 is 0 Å². The van der Waals surface area contributed by atoms with Crippen molar-refractivity contribution in [3.63, 3.8) is 0 Å². The van der Waals surface area contributed by atoms with E-state index in [1.165, 1.54) is 12.1 Å². The topological polar surface area (TPSA) is 49.3 Å². The minimum atomic E-state index is -1.16. The lowest BCUT2D eigenvalue weighted by Gasteiger charge is -2.07. The van der Waals surface area contributed by atoms with Gasteiger partial charge in [0.05, 0.1) is 5.56 Å². The fourth-order valence-corrected chi connectivity index (χ4v) is 1.76. The van der Waals surface area contributed by atoms with Crippen molar-refractivity contribution < 1.29 is 18.7 Å². The maximum Gasteiger partial charge on any atom is 0.258 e. The standard InChI is InChI=1S/C15H13F2NO2/c16-13-3-1-2-12(14(13)17)15(20)18-11-6-4-10(5-7-11)8-9-19/h1-7,19H,8-9H2,(H,18,20). The fraction of sp³-hybridized carbons (Fsp3) is 0.133. The van der Waals surface area contributed by atoms with Crippen LogP contribution in [0.2, 0.25) is 0 Å².